The molecule has 0 aliphatic carbocycles. The summed E-state index contributed by atoms with van der Waals surface area (Å²) in [5.41, 5.74) is 1.97. The highest BCUT2D eigenvalue weighted by molar-refractivity contribution is 6.56. The minimum atomic E-state index is -4.44. The Bertz CT molecular complexity index is 674. The number of halogens is 3. The summed E-state index contributed by atoms with van der Waals surface area (Å²) in [6, 6.07) is 3.37. The summed E-state index contributed by atoms with van der Waals surface area (Å²) in [5, 5.41) is 3.03. The van der Waals surface area contributed by atoms with Crippen molar-refractivity contribution in [2.45, 2.75) is 45.1 Å². The van der Waals surface area contributed by atoms with Gasteiger partial charge in [0.25, 0.3) is 0 Å². The summed E-state index contributed by atoms with van der Waals surface area (Å²) >= 11 is 0. The Morgan fingerprint density at radius 3 is 2.23 bits per heavy atom. The van der Waals surface area contributed by atoms with Crippen LogP contribution in [0, 0.1) is 0 Å². The molecule has 1 heterocycles. The van der Waals surface area contributed by atoms with Crippen LogP contribution in [0.4, 0.5) is 18.9 Å². The quantitative estimate of drug-likeness (QED) is 0.421. The van der Waals surface area contributed by atoms with Gasteiger partial charge < -0.3 is 20.1 Å². The molecular weight excluding hydrogens is 346 g/mol. The molecular formula is C17H25BF3N3O2. The molecule has 0 aromatic heterocycles. The Labute approximate surface area is 152 Å². The number of hydrazine groups is 1. The fourth-order valence-corrected chi connectivity index (χ4v) is 2.58. The zero-order valence-corrected chi connectivity index (χ0v) is 15.6. The normalized spacial score (nSPS) is 19.7. The second-order valence-electron chi connectivity index (χ2n) is 7.28. The van der Waals surface area contributed by atoms with Gasteiger partial charge in [-0.15, -0.1) is 0 Å². The number of hydrogen-bond donors (Lipinski definition) is 3. The lowest BCUT2D eigenvalue weighted by Gasteiger charge is -2.32. The monoisotopic (exact) mass is 371 g/mol. The molecule has 0 spiro atoms. The molecule has 0 bridgehead atoms. The number of benzene rings is 1. The van der Waals surface area contributed by atoms with Crippen molar-refractivity contribution in [2.75, 3.05) is 19.0 Å². The van der Waals surface area contributed by atoms with Crippen LogP contribution in [0.15, 0.2) is 23.7 Å². The molecule has 5 nitrogen and oxygen atoms in total. The highest BCUT2D eigenvalue weighted by atomic mass is 19.4. The highest BCUT2D eigenvalue weighted by Gasteiger charge is 2.52. The average molecular weight is 371 g/mol. The van der Waals surface area contributed by atoms with E-state index in [9.17, 15) is 13.2 Å². The van der Waals surface area contributed by atoms with Gasteiger partial charge in [-0.25, -0.2) is 0 Å². The number of likely N-dealkylation sites (N-methyl/N-ethyl adjacent to an activating group) is 1. The number of nitrogen functional groups attached to an aromatic ring is 1. The Morgan fingerprint density at radius 2 is 1.77 bits per heavy atom. The predicted molar refractivity (Wildman–Crippen MR) is 97.2 cm³/mol. The van der Waals surface area contributed by atoms with Crippen molar-refractivity contribution < 1.29 is 22.5 Å². The predicted octanol–water partition coefficient (Wildman–Crippen LogP) is 3.23. The van der Waals surface area contributed by atoms with E-state index in [0.29, 0.717) is 12.1 Å². The molecule has 0 unspecified atom stereocenters. The van der Waals surface area contributed by atoms with Crippen molar-refractivity contribution in [3.8, 4) is 0 Å². The number of hydrogen-bond acceptors (Lipinski definition) is 5. The highest BCUT2D eigenvalue weighted by Crippen LogP contribution is 2.39. The van der Waals surface area contributed by atoms with E-state index in [2.05, 4.69) is 10.7 Å². The summed E-state index contributed by atoms with van der Waals surface area (Å²) in [6.07, 6.45) is -2.71. The van der Waals surface area contributed by atoms with E-state index in [1.54, 1.807) is 13.1 Å². The van der Waals surface area contributed by atoms with Crippen LogP contribution in [0.3, 0.4) is 0 Å². The molecule has 0 saturated carbocycles. The van der Waals surface area contributed by atoms with E-state index in [-0.39, 0.29) is 5.69 Å². The van der Waals surface area contributed by atoms with E-state index in [4.69, 9.17) is 15.2 Å². The van der Waals surface area contributed by atoms with Crippen LogP contribution in [0.2, 0.25) is 0 Å². The zero-order valence-electron chi connectivity index (χ0n) is 15.6. The summed E-state index contributed by atoms with van der Waals surface area (Å²) in [4.78, 5) is 0. The molecule has 1 fully saturated rings. The molecule has 1 aliphatic rings. The van der Waals surface area contributed by atoms with Crippen molar-refractivity contribution in [2.24, 2.45) is 5.84 Å². The average Bonchev–Trinajstić information content (AvgIpc) is 2.74. The van der Waals surface area contributed by atoms with Crippen LogP contribution < -0.4 is 16.6 Å². The molecule has 1 aromatic carbocycles. The lowest BCUT2D eigenvalue weighted by molar-refractivity contribution is -0.137. The van der Waals surface area contributed by atoms with Crippen LogP contribution in [-0.4, -0.2) is 31.9 Å². The molecule has 1 aromatic rings. The van der Waals surface area contributed by atoms with Gasteiger partial charge in [0.15, 0.2) is 0 Å². The van der Waals surface area contributed by atoms with Crippen molar-refractivity contribution in [3.63, 3.8) is 0 Å². The first-order valence-corrected chi connectivity index (χ1v) is 8.30. The van der Waals surface area contributed by atoms with Gasteiger partial charge >= 0.3 is 13.3 Å². The van der Waals surface area contributed by atoms with Gasteiger partial charge in [-0.2, -0.15) is 13.2 Å². The van der Waals surface area contributed by atoms with Crippen LogP contribution in [-0.2, 0) is 15.5 Å². The molecule has 0 atom stereocenters. The van der Waals surface area contributed by atoms with Crippen LogP contribution in [0.5, 0.6) is 0 Å². The van der Waals surface area contributed by atoms with E-state index in [1.807, 2.05) is 27.7 Å². The fourth-order valence-electron chi connectivity index (χ4n) is 2.58. The summed E-state index contributed by atoms with van der Waals surface area (Å²) < 4.78 is 50.8. The second-order valence-corrected chi connectivity index (χ2v) is 7.28. The molecule has 1 aliphatic heterocycles. The summed E-state index contributed by atoms with van der Waals surface area (Å²) in [6.45, 7) is 8.20. The van der Waals surface area contributed by atoms with Gasteiger partial charge in [0.2, 0.25) is 0 Å². The van der Waals surface area contributed by atoms with E-state index in [1.165, 1.54) is 6.07 Å². The lowest BCUT2D eigenvalue weighted by atomic mass is 9.77. The molecule has 0 radical (unpaired) electrons. The lowest BCUT2D eigenvalue weighted by Crippen LogP contribution is -2.41. The molecule has 9 heteroatoms. The number of rotatable bonds is 5. The van der Waals surface area contributed by atoms with Crippen molar-refractivity contribution in [1.29, 1.82) is 0 Å². The molecule has 26 heavy (non-hydrogen) atoms. The Hall–Kier alpha value is -1.55. The topological polar surface area (TPSA) is 68.5 Å². The third-order valence-electron chi connectivity index (χ3n) is 4.81. The maximum absolute atomic E-state index is 12.9. The minimum Gasteiger partial charge on any atom is -0.400 e. The maximum atomic E-state index is 12.9. The Balaban J connectivity index is 2.41. The van der Waals surface area contributed by atoms with E-state index >= 15 is 0 Å². The molecule has 2 rings (SSSR count). The third-order valence-corrected chi connectivity index (χ3v) is 4.81. The smallest absolute Gasteiger partial charge is 0.400 e. The minimum absolute atomic E-state index is 0.171. The third kappa shape index (κ3) is 4.23. The Kier molecular flexibility index (Phi) is 5.77. The van der Waals surface area contributed by atoms with Crippen molar-refractivity contribution in [3.05, 3.63) is 34.8 Å². The second kappa shape index (κ2) is 7.23. The Morgan fingerprint density at radius 1 is 1.19 bits per heavy atom. The first-order chi connectivity index (χ1) is 11.9. The fraction of sp³-hybridized carbons (Fsp3) is 0.529. The van der Waals surface area contributed by atoms with Crippen LogP contribution >= 0.6 is 0 Å². The molecule has 1 saturated heterocycles. The summed E-state index contributed by atoms with van der Waals surface area (Å²) in [5.74, 6) is 5.43. The van der Waals surface area contributed by atoms with Gasteiger partial charge in [0.05, 0.1) is 22.5 Å². The standard InChI is InChI=1S/C17H25BF3N3O2/c1-15(2)16(3,4)26-18(25-15)13(10-23-5)8-11-6-7-12(17(19,20)21)9-14(11)24-22/h6-9,23-24H,10,22H2,1-5H3. The number of nitrogens with one attached hydrogen (secondary N) is 2. The SMILES string of the molecule is CNCC(=Cc1ccc(C(F)(F)F)cc1NN)B1OC(C)(C)C(C)(C)O1. The van der Waals surface area contributed by atoms with Gasteiger partial charge in [0, 0.05) is 6.54 Å². The largest absolute Gasteiger partial charge is 0.491 e. The van der Waals surface area contributed by atoms with Gasteiger partial charge in [-0.3, -0.25) is 5.84 Å². The first kappa shape index (κ1) is 20.8. The van der Waals surface area contributed by atoms with Gasteiger partial charge in [0.1, 0.15) is 0 Å². The molecule has 4 N–H and O–H groups in total. The number of anilines is 1. The maximum Gasteiger partial charge on any atom is 0.491 e. The van der Waals surface area contributed by atoms with Gasteiger partial charge in [-0.05, 0) is 57.9 Å². The van der Waals surface area contributed by atoms with Crippen LogP contribution in [0.25, 0.3) is 6.08 Å². The molecule has 144 valence electrons. The zero-order chi connectivity index (χ0) is 19.8. The van der Waals surface area contributed by atoms with Crippen molar-refractivity contribution >= 4 is 18.9 Å². The van der Waals surface area contributed by atoms with Crippen molar-refractivity contribution in [1.82, 2.24) is 5.32 Å². The molecule has 0 amide bonds. The number of nitrogens with two attached hydrogens (primary N) is 1. The number of alkyl halides is 3. The summed E-state index contributed by atoms with van der Waals surface area (Å²) in [7, 11) is 1.16. The van der Waals surface area contributed by atoms with Gasteiger partial charge in [-0.1, -0.05) is 12.1 Å². The van der Waals surface area contributed by atoms with Crippen LogP contribution in [0.1, 0.15) is 38.8 Å². The van der Waals surface area contributed by atoms with E-state index in [0.717, 1.165) is 17.6 Å². The van der Waals surface area contributed by atoms with E-state index < -0.39 is 30.1 Å². The first-order valence-electron chi connectivity index (χ1n) is 8.30.